The maximum absolute atomic E-state index is 6.26. The topological polar surface area (TPSA) is 47.7 Å². The fourth-order valence-corrected chi connectivity index (χ4v) is 3.74. The fraction of sp³-hybridized carbons (Fsp3) is 1.00. The fourth-order valence-electron chi connectivity index (χ4n) is 3.74. The van der Waals surface area contributed by atoms with Crippen molar-refractivity contribution in [2.45, 2.75) is 51.5 Å². The van der Waals surface area contributed by atoms with E-state index in [1.54, 1.807) is 14.2 Å². The van der Waals surface area contributed by atoms with E-state index >= 15 is 0 Å². The zero-order valence-corrected chi connectivity index (χ0v) is 14.6. The van der Waals surface area contributed by atoms with Crippen molar-refractivity contribution in [3.8, 4) is 0 Å². The molecule has 0 amide bonds. The van der Waals surface area contributed by atoms with Crippen molar-refractivity contribution in [1.29, 1.82) is 0 Å². The van der Waals surface area contributed by atoms with E-state index < -0.39 is 0 Å². The van der Waals surface area contributed by atoms with Gasteiger partial charge in [0.1, 0.15) is 0 Å². The number of rotatable bonds is 10. The summed E-state index contributed by atoms with van der Waals surface area (Å²) in [5, 5.41) is 0. The molecule has 2 atom stereocenters. The van der Waals surface area contributed by atoms with Crippen LogP contribution in [0, 0.1) is 11.8 Å². The van der Waals surface area contributed by atoms with Crippen molar-refractivity contribution in [3.05, 3.63) is 0 Å². The normalized spacial score (nSPS) is 26.7. The molecule has 0 saturated heterocycles. The summed E-state index contributed by atoms with van der Waals surface area (Å²) in [6.45, 7) is 9.08. The summed E-state index contributed by atoms with van der Waals surface area (Å²) in [7, 11) is 3.55. The number of ether oxygens (including phenoxy) is 2. The van der Waals surface area contributed by atoms with Crippen LogP contribution < -0.4 is 5.73 Å². The average molecular weight is 300 g/mol. The van der Waals surface area contributed by atoms with Crippen molar-refractivity contribution < 1.29 is 9.47 Å². The summed E-state index contributed by atoms with van der Waals surface area (Å²) in [5.74, 6) is 1.55. The highest BCUT2D eigenvalue weighted by Gasteiger charge is 2.40. The predicted octanol–water partition coefficient (Wildman–Crippen LogP) is 2.51. The maximum atomic E-state index is 6.26. The molecule has 126 valence electrons. The van der Waals surface area contributed by atoms with Crippen molar-refractivity contribution in [3.63, 3.8) is 0 Å². The van der Waals surface area contributed by atoms with Crippen LogP contribution in [0.1, 0.15) is 46.0 Å². The second kappa shape index (κ2) is 9.78. The SMILES string of the molecule is COCCCN(CCOC)C1(CN)CCCC(C(C)C)C1. The third-order valence-corrected chi connectivity index (χ3v) is 5.19. The van der Waals surface area contributed by atoms with Gasteiger partial charge in [-0.2, -0.15) is 0 Å². The number of hydrogen-bond acceptors (Lipinski definition) is 4. The Balaban J connectivity index is 2.76. The molecule has 1 saturated carbocycles. The molecular formula is C17H36N2O2. The van der Waals surface area contributed by atoms with Gasteiger partial charge in [-0.05, 0) is 31.1 Å². The molecule has 2 unspecified atom stereocenters. The monoisotopic (exact) mass is 300 g/mol. The Kier molecular flexibility index (Phi) is 8.79. The quantitative estimate of drug-likeness (QED) is 0.630. The van der Waals surface area contributed by atoms with E-state index in [1.807, 2.05) is 0 Å². The molecule has 21 heavy (non-hydrogen) atoms. The minimum Gasteiger partial charge on any atom is -0.385 e. The summed E-state index contributed by atoms with van der Waals surface area (Å²) >= 11 is 0. The standard InChI is InChI=1S/C17H36N2O2/c1-15(2)16-7-5-8-17(13-16,14-18)19(10-12-21-4)9-6-11-20-3/h15-16H,5-14,18H2,1-4H3. The Morgan fingerprint density at radius 1 is 1.19 bits per heavy atom. The highest BCUT2D eigenvalue weighted by molar-refractivity contribution is 4.97. The third-order valence-electron chi connectivity index (χ3n) is 5.19. The Morgan fingerprint density at radius 3 is 2.48 bits per heavy atom. The molecule has 0 bridgehead atoms. The van der Waals surface area contributed by atoms with Gasteiger partial charge in [-0.15, -0.1) is 0 Å². The molecule has 0 aromatic carbocycles. The van der Waals surface area contributed by atoms with Crippen LogP contribution in [0.5, 0.6) is 0 Å². The largest absolute Gasteiger partial charge is 0.385 e. The van der Waals surface area contributed by atoms with E-state index in [4.69, 9.17) is 15.2 Å². The first-order valence-corrected chi connectivity index (χ1v) is 8.52. The van der Waals surface area contributed by atoms with Crippen molar-refractivity contribution >= 4 is 0 Å². The molecule has 0 radical (unpaired) electrons. The van der Waals surface area contributed by atoms with Crippen molar-refractivity contribution in [2.75, 3.05) is 47.1 Å². The van der Waals surface area contributed by atoms with Gasteiger partial charge >= 0.3 is 0 Å². The molecule has 1 rings (SSSR count). The van der Waals surface area contributed by atoms with Crippen LogP contribution >= 0.6 is 0 Å². The minimum absolute atomic E-state index is 0.166. The lowest BCUT2D eigenvalue weighted by Crippen LogP contribution is -2.58. The molecule has 0 heterocycles. The van der Waals surface area contributed by atoms with Gasteiger partial charge in [-0.25, -0.2) is 0 Å². The molecule has 0 spiro atoms. The van der Waals surface area contributed by atoms with Crippen LogP contribution in [0.4, 0.5) is 0 Å². The van der Waals surface area contributed by atoms with Crippen LogP contribution in [0.25, 0.3) is 0 Å². The van der Waals surface area contributed by atoms with E-state index in [2.05, 4.69) is 18.7 Å². The second-order valence-electron chi connectivity index (χ2n) is 6.86. The molecule has 0 aliphatic heterocycles. The molecule has 4 nitrogen and oxygen atoms in total. The lowest BCUT2D eigenvalue weighted by molar-refractivity contribution is 0.00453. The third kappa shape index (κ3) is 5.51. The van der Waals surface area contributed by atoms with Crippen molar-refractivity contribution in [2.24, 2.45) is 17.6 Å². The van der Waals surface area contributed by atoms with Gasteiger partial charge in [0.2, 0.25) is 0 Å². The molecule has 4 heteroatoms. The molecular weight excluding hydrogens is 264 g/mol. The summed E-state index contributed by atoms with van der Waals surface area (Å²) in [4.78, 5) is 2.59. The van der Waals surface area contributed by atoms with Crippen LogP contribution in [0.15, 0.2) is 0 Å². The van der Waals surface area contributed by atoms with Gasteiger partial charge in [-0.3, -0.25) is 4.90 Å². The van der Waals surface area contributed by atoms with E-state index in [-0.39, 0.29) is 5.54 Å². The number of methoxy groups -OCH3 is 2. The van der Waals surface area contributed by atoms with Crippen LogP contribution in [0.3, 0.4) is 0 Å². The molecule has 1 aliphatic rings. The van der Waals surface area contributed by atoms with Crippen molar-refractivity contribution in [1.82, 2.24) is 4.90 Å². The molecule has 1 aliphatic carbocycles. The summed E-state index contributed by atoms with van der Waals surface area (Å²) in [6, 6.07) is 0. The number of nitrogens with two attached hydrogens (primary N) is 1. The van der Waals surface area contributed by atoms with Gasteiger partial charge in [0.05, 0.1) is 6.61 Å². The van der Waals surface area contributed by atoms with Gasteiger partial charge in [-0.1, -0.05) is 26.7 Å². The summed E-state index contributed by atoms with van der Waals surface area (Å²) in [5.41, 5.74) is 6.43. The Morgan fingerprint density at radius 2 is 1.90 bits per heavy atom. The molecule has 2 N–H and O–H groups in total. The Hall–Kier alpha value is -0.160. The zero-order chi connectivity index (χ0) is 15.7. The predicted molar refractivity (Wildman–Crippen MR) is 88.5 cm³/mol. The number of hydrogen-bond donors (Lipinski definition) is 1. The van der Waals surface area contributed by atoms with Gasteiger partial charge in [0.25, 0.3) is 0 Å². The summed E-state index contributed by atoms with van der Waals surface area (Å²) in [6.07, 6.45) is 6.18. The average Bonchev–Trinajstić information content (AvgIpc) is 2.50. The minimum atomic E-state index is 0.166. The lowest BCUT2D eigenvalue weighted by Gasteiger charge is -2.49. The maximum Gasteiger partial charge on any atom is 0.0589 e. The van der Waals surface area contributed by atoms with Crippen LogP contribution in [-0.4, -0.2) is 57.5 Å². The lowest BCUT2D eigenvalue weighted by atomic mass is 9.70. The molecule has 0 aromatic rings. The van der Waals surface area contributed by atoms with E-state index in [0.29, 0.717) is 0 Å². The highest BCUT2D eigenvalue weighted by atomic mass is 16.5. The summed E-state index contributed by atoms with van der Waals surface area (Å²) < 4.78 is 10.5. The van der Waals surface area contributed by atoms with Gasteiger partial charge in [0.15, 0.2) is 0 Å². The Bertz CT molecular complexity index is 274. The highest BCUT2D eigenvalue weighted by Crippen LogP contribution is 2.39. The molecule has 1 fully saturated rings. The molecule has 0 aromatic heterocycles. The zero-order valence-electron chi connectivity index (χ0n) is 14.6. The van der Waals surface area contributed by atoms with E-state index in [9.17, 15) is 0 Å². The smallest absolute Gasteiger partial charge is 0.0589 e. The van der Waals surface area contributed by atoms with Crippen LogP contribution in [0.2, 0.25) is 0 Å². The van der Waals surface area contributed by atoms with Crippen LogP contribution in [-0.2, 0) is 9.47 Å². The first-order chi connectivity index (χ1) is 10.1. The van der Waals surface area contributed by atoms with E-state index in [1.165, 1.54) is 25.7 Å². The van der Waals surface area contributed by atoms with Gasteiger partial charge < -0.3 is 15.2 Å². The second-order valence-corrected chi connectivity index (χ2v) is 6.86. The first kappa shape index (κ1) is 18.9. The van der Waals surface area contributed by atoms with Gasteiger partial charge in [0, 0.05) is 46.0 Å². The van der Waals surface area contributed by atoms with E-state index in [0.717, 1.165) is 51.1 Å². The Labute approximate surface area is 131 Å². The number of nitrogens with zero attached hydrogens (tertiary/aromatic N) is 1. The first-order valence-electron chi connectivity index (χ1n) is 8.52.